The van der Waals surface area contributed by atoms with Gasteiger partial charge < -0.3 is 10.2 Å². The number of sulfonamides is 1. The normalized spacial score (nSPS) is 11.1. The largest absolute Gasteiger partial charge is 0.508 e. The van der Waals surface area contributed by atoms with E-state index in [-0.39, 0.29) is 16.2 Å². The second kappa shape index (κ2) is 5.45. The SMILES string of the molecule is CN(c1ccc(O)cc1)S(=O)(=O)c1ccc(C(=O)O)cc1. The van der Waals surface area contributed by atoms with Crippen LogP contribution < -0.4 is 4.31 Å². The van der Waals surface area contributed by atoms with Gasteiger partial charge in [-0.2, -0.15) is 0 Å². The van der Waals surface area contributed by atoms with Crippen molar-refractivity contribution in [2.75, 3.05) is 11.4 Å². The van der Waals surface area contributed by atoms with E-state index in [4.69, 9.17) is 5.11 Å². The number of carboxylic acids is 1. The molecule has 0 aromatic heterocycles. The zero-order valence-corrected chi connectivity index (χ0v) is 11.9. The molecule has 0 atom stereocenters. The summed E-state index contributed by atoms with van der Waals surface area (Å²) in [6.45, 7) is 0. The summed E-state index contributed by atoms with van der Waals surface area (Å²) < 4.78 is 25.9. The monoisotopic (exact) mass is 307 g/mol. The highest BCUT2D eigenvalue weighted by atomic mass is 32.2. The second-order valence-electron chi connectivity index (χ2n) is 4.32. The van der Waals surface area contributed by atoms with Gasteiger partial charge in [-0.3, -0.25) is 4.31 Å². The number of phenolic OH excluding ortho intramolecular Hbond substituents is 1. The number of phenols is 1. The molecule has 0 saturated heterocycles. The van der Waals surface area contributed by atoms with Crippen molar-refractivity contribution in [2.45, 2.75) is 4.90 Å². The summed E-state index contributed by atoms with van der Waals surface area (Å²) in [5.41, 5.74) is 0.399. The Labute approximate surface area is 121 Å². The molecule has 21 heavy (non-hydrogen) atoms. The van der Waals surface area contributed by atoms with E-state index in [9.17, 15) is 18.3 Å². The van der Waals surface area contributed by atoms with E-state index >= 15 is 0 Å². The van der Waals surface area contributed by atoms with E-state index in [0.717, 1.165) is 4.31 Å². The number of benzene rings is 2. The first-order valence-electron chi connectivity index (χ1n) is 5.93. The third kappa shape index (κ3) is 2.97. The van der Waals surface area contributed by atoms with Crippen LogP contribution in [0.3, 0.4) is 0 Å². The smallest absolute Gasteiger partial charge is 0.335 e. The molecule has 0 spiro atoms. The summed E-state index contributed by atoms with van der Waals surface area (Å²) in [5, 5.41) is 18.0. The highest BCUT2D eigenvalue weighted by Crippen LogP contribution is 2.24. The van der Waals surface area contributed by atoms with Gasteiger partial charge in [0, 0.05) is 7.05 Å². The Morgan fingerprint density at radius 2 is 1.52 bits per heavy atom. The molecule has 2 N–H and O–H groups in total. The molecule has 6 nitrogen and oxygen atoms in total. The van der Waals surface area contributed by atoms with Gasteiger partial charge in [0.2, 0.25) is 0 Å². The lowest BCUT2D eigenvalue weighted by Gasteiger charge is -2.19. The van der Waals surface area contributed by atoms with Crippen LogP contribution in [0.1, 0.15) is 10.4 Å². The van der Waals surface area contributed by atoms with Crippen molar-refractivity contribution in [3.63, 3.8) is 0 Å². The third-order valence-corrected chi connectivity index (χ3v) is 4.77. The lowest BCUT2D eigenvalue weighted by atomic mass is 10.2. The number of hydrogen-bond acceptors (Lipinski definition) is 4. The predicted octanol–water partition coefficient (Wildman–Crippen LogP) is 1.92. The maximum absolute atomic E-state index is 12.4. The molecular formula is C14H13NO5S. The number of anilines is 1. The molecule has 2 aromatic rings. The van der Waals surface area contributed by atoms with E-state index in [2.05, 4.69) is 0 Å². The molecule has 0 fully saturated rings. The molecule has 0 amide bonds. The van der Waals surface area contributed by atoms with Gasteiger partial charge in [-0.25, -0.2) is 13.2 Å². The number of rotatable bonds is 4. The van der Waals surface area contributed by atoms with Crippen LogP contribution >= 0.6 is 0 Å². The van der Waals surface area contributed by atoms with Gasteiger partial charge >= 0.3 is 5.97 Å². The zero-order valence-electron chi connectivity index (χ0n) is 11.1. The third-order valence-electron chi connectivity index (χ3n) is 2.97. The molecule has 0 aliphatic heterocycles. The van der Waals surface area contributed by atoms with Crippen LogP contribution in [-0.2, 0) is 10.0 Å². The molecule has 0 aliphatic rings. The highest BCUT2D eigenvalue weighted by Gasteiger charge is 2.21. The minimum Gasteiger partial charge on any atom is -0.508 e. The van der Waals surface area contributed by atoms with Crippen molar-refractivity contribution >= 4 is 21.7 Å². The van der Waals surface area contributed by atoms with Gasteiger partial charge in [0.15, 0.2) is 0 Å². The fourth-order valence-electron chi connectivity index (χ4n) is 1.73. The van der Waals surface area contributed by atoms with E-state index in [1.54, 1.807) is 0 Å². The summed E-state index contributed by atoms with van der Waals surface area (Å²) in [4.78, 5) is 10.8. The number of hydrogen-bond donors (Lipinski definition) is 2. The van der Waals surface area contributed by atoms with E-state index in [1.807, 2.05) is 0 Å². The molecule has 0 aliphatic carbocycles. The fraction of sp³-hybridized carbons (Fsp3) is 0.0714. The molecule has 2 rings (SSSR count). The Hall–Kier alpha value is -2.54. The lowest BCUT2D eigenvalue weighted by Crippen LogP contribution is -2.26. The van der Waals surface area contributed by atoms with Crippen LogP contribution in [0.5, 0.6) is 5.75 Å². The molecule has 0 saturated carbocycles. The average molecular weight is 307 g/mol. The van der Waals surface area contributed by atoms with E-state index in [1.165, 1.54) is 55.6 Å². The summed E-state index contributed by atoms with van der Waals surface area (Å²) in [5.74, 6) is -1.08. The van der Waals surface area contributed by atoms with Crippen molar-refractivity contribution in [1.82, 2.24) is 0 Å². The lowest BCUT2D eigenvalue weighted by molar-refractivity contribution is 0.0696. The van der Waals surface area contributed by atoms with Gasteiger partial charge in [-0.15, -0.1) is 0 Å². The Kier molecular flexibility index (Phi) is 3.86. The predicted molar refractivity (Wildman–Crippen MR) is 77.1 cm³/mol. The van der Waals surface area contributed by atoms with E-state index < -0.39 is 16.0 Å². The number of aromatic carboxylic acids is 1. The van der Waals surface area contributed by atoms with Crippen LogP contribution in [0.2, 0.25) is 0 Å². The number of carboxylic acid groups (broad SMARTS) is 1. The standard InChI is InChI=1S/C14H13NO5S/c1-15(11-4-6-12(16)7-5-11)21(19,20)13-8-2-10(3-9-13)14(17)18/h2-9,16H,1H3,(H,17,18). The Morgan fingerprint density at radius 1 is 1.00 bits per heavy atom. The molecule has 0 radical (unpaired) electrons. The van der Waals surface area contributed by atoms with E-state index in [0.29, 0.717) is 5.69 Å². The maximum atomic E-state index is 12.4. The first kappa shape index (κ1) is 14.9. The summed E-state index contributed by atoms with van der Waals surface area (Å²) >= 11 is 0. The van der Waals surface area contributed by atoms with Crippen molar-refractivity contribution in [3.05, 3.63) is 54.1 Å². The Morgan fingerprint density at radius 3 is 2.00 bits per heavy atom. The van der Waals surface area contributed by atoms with Crippen LogP contribution in [-0.4, -0.2) is 31.6 Å². The minimum absolute atomic E-state index is 0.0110. The Balaban J connectivity index is 2.36. The fourth-order valence-corrected chi connectivity index (χ4v) is 2.92. The molecule has 0 bridgehead atoms. The van der Waals surface area contributed by atoms with Gasteiger partial charge in [0.1, 0.15) is 5.75 Å². The average Bonchev–Trinajstić information content (AvgIpc) is 2.47. The van der Waals surface area contributed by atoms with Crippen LogP contribution in [0.4, 0.5) is 5.69 Å². The molecule has 0 heterocycles. The van der Waals surface area contributed by atoms with Crippen molar-refractivity contribution < 1.29 is 23.4 Å². The van der Waals surface area contributed by atoms with Gasteiger partial charge in [0.25, 0.3) is 10.0 Å². The first-order valence-corrected chi connectivity index (χ1v) is 7.37. The van der Waals surface area contributed by atoms with Crippen LogP contribution in [0, 0.1) is 0 Å². The molecule has 2 aromatic carbocycles. The molecule has 7 heteroatoms. The van der Waals surface area contributed by atoms with Gasteiger partial charge in [-0.05, 0) is 48.5 Å². The molecule has 0 unspecified atom stereocenters. The number of aromatic hydroxyl groups is 1. The topological polar surface area (TPSA) is 94.9 Å². The molecule has 110 valence electrons. The van der Waals surface area contributed by atoms with Gasteiger partial charge in [-0.1, -0.05) is 0 Å². The van der Waals surface area contributed by atoms with Crippen LogP contribution in [0.15, 0.2) is 53.4 Å². The maximum Gasteiger partial charge on any atom is 0.335 e. The quantitative estimate of drug-likeness (QED) is 0.899. The summed E-state index contributed by atoms with van der Waals surface area (Å²) in [6, 6.07) is 10.7. The number of carbonyl (C=O) groups is 1. The second-order valence-corrected chi connectivity index (χ2v) is 6.29. The van der Waals surface area contributed by atoms with Crippen molar-refractivity contribution in [2.24, 2.45) is 0 Å². The molecular weight excluding hydrogens is 294 g/mol. The summed E-state index contributed by atoms with van der Waals surface area (Å²) in [7, 11) is -2.41. The van der Waals surface area contributed by atoms with Gasteiger partial charge in [0.05, 0.1) is 16.1 Å². The van der Waals surface area contributed by atoms with Crippen molar-refractivity contribution in [1.29, 1.82) is 0 Å². The minimum atomic E-state index is -3.79. The first-order chi connectivity index (χ1) is 9.82. The van der Waals surface area contributed by atoms with Crippen molar-refractivity contribution in [3.8, 4) is 5.75 Å². The summed E-state index contributed by atoms with van der Waals surface area (Å²) in [6.07, 6.45) is 0. The van der Waals surface area contributed by atoms with Crippen LogP contribution in [0.25, 0.3) is 0 Å². The Bertz CT molecular complexity index is 751. The zero-order chi connectivity index (χ0) is 15.6. The number of nitrogens with zero attached hydrogens (tertiary/aromatic N) is 1. The highest BCUT2D eigenvalue weighted by molar-refractivity contribution is 7.92.